The van der Waals surface area contributed by atoms with Gasteiger partial charge in [-0.3, -0.25) is 4.79 Å². The van der Waals surface area contributed by atoms with E-state index in [1.54, 1.807) is 11.3 Å². The van der Waals surface area contributed by atoms with Crippen molar-refractivity contribution in [3.63, 3.8) is 0 Å². The lowest BCUT2D eigenvalue weighted by atomic mass is 9.81. The van der Waals surface area contributed by atoms with Gasteiger partial charge in [-0.1, -0.05) is 25.7 Å². The highest BCUT2D eigenvalue weighted by Crippen LogP contribution is 2.35. The Hall–Kier alpha value is -1.41. The molecule has 0 saturated heterocycles. The van der Waals surface area contributed by atoms with Crippen LogP contribution in [0.25, 0.3) is 0 Å². The Morgan fingerprint density at radius 2 is 1.95 bits per heavy atom. The lowest BCUT2D eigenvalue weighted by Crippen LogP contribution is -2.41. The van der Waals surface area contributed by atoms with Crippen LogP contribution in [-0.4, -0.2) is 10.9 Å². The van der Waals surface area contributed by atoms with Crippen LogP contribution in [0.5, 0.6) is 0 Å². The molecule has 1 aromatic rings. The molecule has 2 rings (SSSR count). The molecule has 0 aromatic carbocycles. The number of carbonyl (C=O) groups excluding carboxylic acids is 1. The molecule has 4 nitrogen and oxygen atoms in total. The minimum Gasteiger partial charge on any atom is -0.347 e. The number of hydrogen-bond acceptors (Lipinski definition) is 4. The van der Waals surface area contributed by atoms with Gasteiger partial charge in [0.15, 0.2) is 0 Å². The van der Waals surface area contributed by atoms with Crippen molar-refractivity contribution in [3.05, 3.63) is 15.6 Å². The largest absolute Gasteiger partial charge is 0.347 e. The summed E-state index contributed by atoms with van der Waals surface area (Å²) in [5.74, 6) is -0.107. The molecule has 1 amide bonds. The number of carbonyl (C=O) groups is 1. The monoisotopic (exact) mass is 305 g/mol. The average Bonchev–Trinajstić information content (AvgIpc) is 2.67. The second-order valence-electron chi connectivity index (χ2n) is 5.99. The molecule has 1 heterocycles. The van der Waals surface area contributed by atoms with E-state index >= 15 is 0 Å². The maximum atomic E-state index is 12.7. The second kappa shape index (κ2) is 6.57. The summed E-state index contributed by atoms with van der Waals surface area (Å²) in [6.07, 6.45) is 5.55. The number of nitriles is 1. The van der Waals surface area contributed by atoms with Crippen LogP contribution >= 0.6 is 11.3 Å². The van der Waals surface area contributed by atoms with Crippen molar-refractivity contribution in [2.45, 2.75) is 65.3 Å². The Morgan fingerprint density at radius 1 is 1.33 bits per heavy atom. The number of aryl methyl sites for hydroxylation is 2. The first-order valence-electron chi connectivity index (χ1n) is 7.65. The second-order valence-corrected chi connectivity index (χ2v) is 7.22. The summed E-state index contributed by atoms with van der Waals surface area (Å²) in [6.45, 7) is 5.91. The van der Waals surface area contributed by atoms with Crippen molar-refractivity contribution < 1.29 is 4.79 Å². The number of amides is 1. The molecule has 0 radical (unpaired) electrons. The highest BCUT2D eigenvalue weighted by atomic mass is 32.1. The highest BCUT2D eigenvalue weighted by Gasteiger charge is 2.39. The third-order valence-corrected chi connectivity index (χ3v) is 5.54. The third kappa shape index (κ3) is 3.44. The zero-order valence-corrected chi connectivity index (χ0v) is 13.8. The lowest BCUT2D eigenvalue weighted by Gasteiger charge is -2.25. The van der Waals surface area contributed by atoms with Crippen LogP contribution in [-0.2, 0) is 4.79 Å². The maximum Gasteiger partial charge on any atom is 0.240 e. The van der Waals surface area contributed by atoms with Crippen LogP contribution in [0.1, 0.15) is 67.1 Å². The topological polar surface area (TPSA) is 65.8 Å². The van der Waals surface area contributed by atoms with Gasteiger partial charge >= 0.3 is 0 Å². The van der Waals surface area contributed by atoms with Gasteiger partial charge in [-0.25, -0.2) is 4.98 Å². The van der Waals surface area contributed by atoms with Gasteiger partial charge in [-0.05, 0) is 33.6 Å². The van der Waals surface area contributed by atoms with Gasteiger partial charge in [0.25, 0.3) is 0 Å². The normalized spacial score (nSPS) is 19.3. The van der Waals surface area contributed by atoms with E-state index in [1.165, 1.54) is 0 Å². The summed E-state index contributed by atoms with van der Waals surface area (Å²) in [4.78, 5) is 18.1. The first-order valence-corrected chi connectivity index (χ1v) is 8.46. The van der Waals surface area contributed by atoms with Gasteiger partial charge in [0, 0.05) is 4.88 Å². The van der Waals surface area contributed by atoms with Crippen LogP contribution in [0.15, 0.2) is 0 Å². The molecule has 0 bridgehead atoms. The van der Waals surface area contributed by atoms with Crippen molar-refractivity contribution in [3.8, 4) is 6.07 Å². The fraction of sp³-hybridized carbons (Fsp3) is 0.688. The van der Waals surface area contributed by atoms with E-state index < -0.39 is 5.41 Å². The number of nitrogens with one attached hydrogen (secondary N) is 1. The minimum atomic E-state index is -0.835. The van der Waals surface area contributed by atoms with Crippen molar-refractivity contribution in [1.82, 2.24) is 10.3 Å². The highest BCUT2D eigenvalue weighted by molar-refractivity contribution is 7.11. The van der Waals surface area contributed by atoms with E-state index in [4.69, 9.17) is 0 Å². The fourth-order valence-electron chi connectivity index (χ4n) is 3.07. The molecular formula is C16H23N3OS. The lowest BCUT2D eigenvalue weighted by molar-refractivity contribution is -0.129. The first-order chi connectivity index (χ1) is 9.98. The van der Waals surface area contributed by atoms with Crippen LogP contribution in [0.4, 0.5) is 0 Å². The van der Waals surface area contributed by atoms with Gasteiger partial charge in [-0.2, -0.15) is 5.26 Å². The molecular weight excluding hydrogens is 282 g/mol. The van der Waals surface area contributed by atoms with Crippen LogP contribution in [0.2, 0.25) is 0 Å². The first kappa shape index (κ1) is 16.0. The predicted molar refractivity (Wildman–Crippen MR) is 83.9 cm³/mol. The molecule has 1 N–H and O–H groups in total. The van der Waals surface area contributed by atoms with Gasteiger partial charge in [0.1, 0.15) is 5.41 Å². The summed E-state index contributed by atoms with van der Waals surface area (Å²) in [7, 11) is 0. The van der Waals surface area contributed by atoms with Crippen LogP contribution in [0, 0.1) is 30.6 Å². The molecule has 1 aliphatic rings. The van der Waals surface area contributed by atoms with Crippen molar-refractivity contribution in [2.75, 3.05) is 0 Å². The molecule has 1 aromatic heterocycles. The van der Waals surface area contributed by atoms with Crippen molar-refractivity contribution in [1.29, 1.82) is 5.26 Å². The molecule has 1 atom stereocenters. The maximum absolute atomic E-state index is 12.7. The summed E-state index contributed by atoms with van der Waals surface area (Å²) in [6, 6.07) is 2.22. The Bertz CT molecular complexity index is 550. The standard InChI is InChI=1S/C16H23N3OS/c1-11-14(21-13(3)18-11)12(2)19-15(20)16(10-17)8-6-4-5-7-9-16/h12H,4-9H2,1-3H3,(H,19,20). The van der Waals surface area contributed by atoms with E-state index in [2.05, 4.69) is 16.4 Å². The van der Waals surface area contributed by atoms with Gasteiger partial charge in [0.2, 0.25) is 5.91 Å². The summed E-state index contributed by atoms with van der Waals surface area (Å²) < 4.78 is 0. The molecule has 1 saturated carbocycles. The Labute approximate surface area is 130 Å². The molecule has 1 fully saturated rings. The smallest absolute Gasteiger partial charge is 0.240 e. The Balaban J connectivity index is 2.12. The van der Waals surface area contributed by atoms with E-state index in [1.807, 2.05) is 20.8 Å². The van der Waals surface area contributed by atoms with Crippen LogP contribution in [0.3, 0.4) is 0 Å². The van der Waals surface area contributed by atoms with Crippen molar-refractivity contribution >= 4 is 17.2 Å². The van der Waals surface area contributed by atoms with E-state index in [9.17, 15) is 10.1 Å². The molecule has 0 aliphatic heterocycles. The quantitative estimate of drug-likeness (QED) is 0.864. The van der Waals surface area contributed by atoms with Crippen LogP contribution < -0.4 is 5.32 Å². The number of hydrogen-bond donors (Lipinski definition) is 1. The predicted octanol–water partition coefficient (Wildman–Crippen LogP) is 3.80. The molecule has 5 heteroatoms. The Kier molecular flexibility index (Phi) is 5.00. The molecule has 21 heavy (non-hydrogen) atoms. The van der Waals surface area contributed by atoms with Crippen molar-refractivity contribution in [2.24, 2.45) is 5.41 Å². The van der Waals surface area contributed by atoms with E-state index in [0.717, 1.165) is 41.3 Å². The van der Waals surface area contributed by atoms with Gasteiger partial charge in [-0.15, -0.1) is 11.3 Å². The summed E-state index contributed by atoms with van der Waals surface area (Å²) in [5.41, 5.74) is 0.135. The molecule has 114 valence electrons. The zero-order valence-electron chi connectivity index (χ0n) is 13.0. The summed E-state index contributed by atoms with van der Waals surface area (Å²) in [5, 5.41) is 13.6. The number of thiazole rings is 1. The van der Waals surface area contributed by atoms with E-state index in [0.29, 0.717) is 12.8 Å². The Morgan fingerprint density at radius 3 is 2.43 bits per heavy atom. The number of rotatable bonds is 3. The van der Waals surface area contributed by atoms with E-state index in [-0.39, 0.29) is 11.9 Å². The average molecular weight is 305 g/mol. The molecule has 1 unspecified atom stereocenters. The fourth-order valence-corrected chi connectivity index (χ4v) is 4.00. The summed E-state index contributed by atoms with van der Waals surface area (Å²) >= 11 is 1.61. The van der Waals surface area contributed by atoms with Gasteiger partial charge < -0.3 is 5.32 Å². The molecule has 0 spiro atoms. The minimum absolute atomic E-state index is 0.0859. The van der Waals surface area contributed by atoms with Gasteiger partial charge in [0.05, 0.1) is 22.8 Å². The zero-order chi connectivity index (χ0) is 15.5. The SMILES string of the molecule is Cc1nc(C)c(C(C)NC(=O)C2(C#N)CCCCCC2)s1. The number of nitrogens with zero attached hydrogens (tertiary/aromatic N) is 2. The third-order valence-electron chi connectivity index (χ3n) is 4.29. The molecule has 1 aliphatic carbocycles. The number of aromatic nitrogens is 1.